The Labute approximate surface area is 62.8 Å². The minimum atomic E-state index is 0.293. The lowest BCUT2D eigenvalue weighted by molar-refractivity contribution is 0.111. The summed E-state index contributed by atoms with van der Waals surface area (Å²) in [5, 5.41) is 0.366. The first kappa shape index (κ1) is 7.02. The van der Waals surface area contributed by atoms with Gasteiger partial charge >= 0.3 is 0 Å². The van der Waals surface area contributed by atoms with E-state index in [-0.39, 0.29) is 0 Å². The number of nitrogens with zero attached hydrogens (tertiary/aromatic N) is 1. The van der Waals surface area contributed by atoms with Gasteiger partial charge in [0.1, 0.15) is 5.69 Å². The molecule has 0 saturated carbocycles. The third-order valence-electron chi connectivity index (χ3n) is 1.03. The molecule has 52 valence electrons. The molecular formula is C6H5ClN2O. The first-order chi connectivity index (χ1) is 4.74. The van der Waals surface area contributed by atoms with Gasteiger partial charge in [-0.1, -0.05) is 11.6 Å². The van der Waals surface area contributed by atoms with E-state index >= 15 is 0 Å². The molecule has 0 saturated heterocycles. The monoisotopic (exact) mass is 156 g/mol. The van der Waals surface area contributed by atoms with Crippen molar-refractivity contribution in [2.24, 2.45) is 0 Å². The zero-order chi connectivity index (χ0) is 7.56. The van der Waals surface area contributed by atoms with Crippen molar-refractivity contribution in [3.8, 4) is 0 Å². The normalized spacial score (nSPS) is 9.30. The van der Waals surface area contributed by atoms with E-state index in [0.29, 0.717) is 22.7 Å². The zero-order valence-corrected chi connectivity index (χ0v) is 5.80. The molecule has 1 rings (SSSR count). The van der Waals surface area contributed by atoms with E-state index in [4.69, 9.17) is 17.3 Å². The van der Waals surface area contributed by atoms with Gasteiger partial charge in [-0.3, -0.25) is 9.78 Å². The lowest BCUT2D eigenvalue weighted by Crippen LogP contribution is -1.91. The third kappa shape index (κ3) is 1.25. The Hall–Kier alpha value is -1.09. The summed E-state index contributed by atoms with van der Waals surface area (Å²) in [6.45, 7) is 0. The molecule has 1 aromatic heterocycles. The van der Waals surface area contributed by atoms with Crippen LogP contribution in [0.5, 0.6) is 0 Å². The molecule has 0 bridgehead atoms. The van der Waals surface area contributed by atoms with Crippen molar-refractivity contribution in [2.45, 2.75) is 0 Å². The first-order valence-corrected chi connectivity index (χ1v) is 2.98. The van der Waals surface area contributed by atoms with Crippen LogP contribution in [0.4, 0.5) is 5.69 Å². The van der Waals surface area contributed by atoms with Gasteiger partial charge in [0.05, 0.1) is 10.7 Å². The van der Waals surface area contributed by atoms with Crippen molar-refractivity contribution < 1.29 is 4.79 Å². The Morgan fingerprint density at radius 3 is 2.90 bits per heavy atom. The Bertz CT molecular complexity index is 262. The van der Waals surface area contributed by atoms with Gasteiger partial charge in [-0.05, 0) is 6.07 Å². The maximum atomic E-state index is 10.1. The number of pyridine rings is 1. The minimum Gasteiger partial charge on any atom is -0.397 e. The SMILES string of the molecule is Nc1cc(C=O)ncc1Cl. The lowest BCUT2D eigenvalue weighted by Gasteiger charge is -1.95. The minimum absolute atomic E-state index is 0.293. The highest BCUT2D eigenvalue weighted by atomic mass is 35.5. The van der Waals surface area contributed by atoms with Crippen LogP contribution in [-0.2, 0) is 0 Å². The predicted octanol–water partition coefficient (Wildman–Crippen LogP) is 1.13. The summed E-state index contributed by atoms with van der Waals surface area (Å²) in [7, 11) is 0. The van der Waals surface area contributed by atoms with Gasteiger partial charge in [0.25, 0.3) is 0 Å². The highest BCUT2D eigenvalue weighted by molar-refractivity contribution is 6.32. The smallest absolute Gasteiger partial charge is 0.168 e. The maximum absolute atomic E-state index is 10.1. The molecule has 1 heterocycles. The average molecular weight is 157 g/mol. The van der Waals surface area contributed by atoms with Crippen LogP contribution in [0.25, 0.3) is 0 Å². The van der Waals surface area contributed by atoms with E-state index < -0.39 is 0 Å². The van der Waals surface area contributed by atoms with Crippen LogP contribution in [0.15, 0.2) is 12.3 Å². The Balaban J connectivity index is 3.16. The van der Waals surface area contributed by atoms with Gasteiger partial charge in [0, 0.05) is 6.20 Å². The Kier molecular flexibility index (Phi) is 1.87. The predicted molar refractivity (Wildman–Crippen MR) is 39.0 cm³/mol. The largest absolute Gasteiger partial charge is 0.397 e. The highest BCUT2D eigenvalue weighted by Crippen LogP contribution is 2.15. The van der Waals surface area contributed by atoms with Crippen molar-refractivity contribution in [3.05, 3.63) is 23.0 Å². The van der Waals surface area contributed by atoms with E-state index in [1.807, 2.05) is 0 Å². The molecule has 2 N–H and O–H groups in total. The zero-order valence-electron chi connectivity index (χ0n) is 5.04. The summed E-state index contributed by atoms with van der Waals surface area (Å²) in [5.41, 5.74) is 6.03. The first-order valence-electron chi connectivity index (χ1n) is 2.60. The number of aldehydes is 1. The standard InChI is InChI=1S/C6H5ClN2O/c7-5-2-9-4(3-10)1-6(5)8/h1-3H,(H2,8,9). The van der Waals surface area contributed by atoms with Crippen molar-refractivity contribution in [1.29, 1.82) is 0 Å². The number of nitrogen functional groups attached to an aromatic ring is 1. The molecule has 0 amide bonds. The molecule has 0 aliphatic rings. The fourth-order valence-corrected chi connectivity index (χ4v) is 0.639. The van der Waals surface area contributed by atoms with Gasteiger partial charge in [-0.15, -0.1) is 0 Å². The number of rotatable bonds is 1. The van der Waals surface area contributed by atoms with Crippen LogP contribution < -0.4 is 5.73 Å². The van der Waals surface area contributed by atoms with E-state index in [0.717, 1.165) is 0 Å². The fraction of sp³-hybridized carbons (Fsp3) is 0. The van der Waals surface area contributed by atoms with Crippen LogP contribution in [0.1, 0.15) is 10.5 Å². The van der Waals surface area contributed by atoms with Crippen molar-refractivity contribution in [2.75, 3.05) is 5.73 Å². The van der Waals surface area contributed by atoms with Crippen LogP contribution in [0.3, 0.4) is 0 Å². The summed E-state index contributed by atoms with van der Waals surface area (Å²) in [6, 6.07) is 1.43. The van der Waals surface area contributed by atoms with Crippen molar-refractivity contribution in [3.63, 3.8) is 0 Å². The van der Waals surface area contributed by atoms with Gasteiger partial charge < -0.3 is 5.73 Å². The van der Waals surface area contributed by atoms with E-state index in [1.165, 1.54) is 12.3 Å². The number of anilines is 1. The number of hydrogen-bond donors (Lipinski definition) is 1. The van der Waals surface area contributed by atoms with E-state index in [9.17, 15) is 4.79 Å². The second kappa shape index (κ2) is 2.66. The molecule has 1 aromatic rings. The van der Waals surface area contributed by atoms with Gasteiger partial charge in [0.15, 0.2) is 6.29 Å². The third-order valence-corrected chi connectivity index (χ3v) is 1.34. The summed E-state index contributed by atoms with van der Waals surface area (Å²) < 4.78 is 0. The highest BCUT2D eigenvalue weighted by Gasteiger charge is 1.96. The molecule has 4 heteroatoms. The topological polar surface area (TPSA) is 56.0 Å². The summed E-state index contributed by atoms with van der Waals surface area (Å²) in [5.74, 6) is 0. The van der Waals surface area contributed by atoms with Gasteiger partial charge in [-0.2, -0.15) is 0 Å². The van der Waals surface area contributed by atoms with Crippen LogP contribution in [0, 0.1) is 0 Å². The molecule has 0 unspecified atom stereocenters. The Morgan fingerprint density at radius 1 is 1.70 bits per heavy atom. The van der Waals surface area contributed by atoms with E-state index in [2.05, 4.69) is 4.98 Å². The van der Waals surface area contributed by atoms with Gasteiger partial charge in [0.2, 0.25) is 0 Å². The van der Waals surface area contributed by atoms with E-state index in [1.54, 1.807) is 0 Å². The molecule has 0 fully saturated rings. The molecule has 10 heavy (non-hydrogen) atoms. The summed E-state index contributed by atoms with van der Waals surface area (Å²) in [6.07, 6.45) is 1.97. The lowest BCUT2D eigenvalue weighted by atomic mass is 10.3. The fourth-order valence-electron chi connectivity index (χ4n) is 0.536. The number of halogens is 1. The quantitative estimate of drug-likeness (QED) is 0.621. The van der Waals surface area contributed by atoms with Crippen LogP contribution in [0.2, 0.25) is 5.02 Å². The summed E-state index contributed by atoms with van der Waals surface area (Å²) >= 11 is 5.53. The number of aromatic nitrogens is 1. The second-order valence-corrected chi connectivity index (χ2v) is 2.16. The number of carbonyl (C=O) groups excluding carboxylic acids is 1. The summed E-state index contributed by atoms with van der Waals surface area (Å²) in [4.78, 5) is 13.8. The van der Waals surface area contributed by atoms with Gasteiger partial charge in [-0.25, -0.2) is 0 Å². The number of nitrogens with two attached hydrogens (primary N) is 1. The molecule has 0 spiro atoms. The molecule has 0 aromatic carbocycles. The number of hydrogen-bond acceptors (Lipinski definition) is 3. The average Bonchev–Trinajstić information content (AvgIpc) is 1.95. The molecule has 3 nitrogen and oxygen atoms in total. The van der Waals surface area contributed by atoms with Crippen LogP contribution in [-0.4, -0.2) is 11.3 Å². The molecular weight excluding hydrogens is 152 g/mol. The Morgan fingerprint density at radius 2 is 2.40 bits per heavy atom. The van der Waals surface area contributed by atoms with Crippen molar-refractivity contribution in [1.82, 2.24) is 4.98 Å². The molecule has 0 aliphatic carbocycles. The van der Waals surface area contributed by atoms with Crippen molar-refractivity contribution >= 4 is 23.6 Å². The molecule has 0 radical (unpaired) electrons. The second-order valence-electron chi connectivity index (χ2n) is 1.75. The molecule has 0 aliphatic heterocycles. The molecule has 0 atom stereocenters. The number of carbonyl (C=O) groups is 1. The maximum Gasteiger partial charge on any atom is 0.168 e. The van der Waals surface area contributed by atoms with Crippen LogP contribution >= 0.6 is 11.6 Å².